The third-order valence-electron chi connectivity index (χ3n) is 5.70. The second kappa shape index (κ2) is 7.60. The number of nitrogens with zero attached hydrogens (tertiary/aromatic N) is 3. The van der Waals surface area contributed by atoms with Gasteiger partial charge in [-0.05, 0) is 49.0 Å². The third-order valence-corrected chi connectivity index (χ3v) is 6.67. The van der Waals surface area contributed by atoms with E-state index in [1.165, 1.54) is 41.9 Å². The Kier molecular flexibility index (Phi) is 4.82. The molecule has 0 spiro atoms. The van der Waals surface area contributed by atoms with Gasteiger partial charge in [0.15, 0.2) is 11.5 Å². The van der Waals surface area contributed by atoms with Crippen LogP contribution in [0.4, 0.5) is 0 Å². The lowest BCUT2D eigenvalue weighted by Gasteiger charge is -2.28. The smallest absolute Gasteiger partial charge is 0.164 e. The van der Waals surface area contributed by atoms with E-state index in [1.54, 1.807) is 18.4 Å². The summed E-state index contributed by atoms with van der Waals surface area (Å²) in [6.07, 6.45) is 7.55. The summed E-state index contributed by atoms with van der Waals surface area (Å²) in [5.41, 5.74) is 2.59. The molecule has 0 aliphatic carbocycles. The van der Waals surface area contributed by atoms with Crippen LogP contribution in [0.5, 0.6) is 11.5 Å². The molecule has 5 rings (SSSR count). The lowest BCUT2D eigenvalue weighted by Crippen LogP contribution is -2.24. The van der Waals surface area contributed by atoms with Crippen LogP contribution in [-0.2, 0) is 13.0 Å². The van der Waals surface area contributed by atoms with Crippen LogP contribution in [0.15, 0.2) is 42.0 Å². The first kappa shape index (κ1) is 17.8. The standard InChI is InChI=1S/C22H25N3O2S/c1-26-19-6-4-5-17-12-18(14-27-21(17)19)25-10-7-23-22(25)20-11-16(15-28-20)13-24-8-2-3-9-24/h4-7,10-11,15,18H,2-3,8-9,12-14H2,1H3. The number of para-hydroxylation sites is 1. The van der Waals surface area contributed by atoms with Crippen molar-refractivity contribution in [3.8, 4) is 22.2 Å². The molecule has 5 nitrogen and oxygen atoms in total. The fraction of sp³-hybridized carbons (Fsp3) is 0.409. The second-order valence-electron chi connectivity index (χ2n) is 7.58. The molecule has 0 radical (unpaired) electrons. The van der Waals surface area contributed by atoms with Gasteiger partial charge in [-0.15, -0.1) is 11.3 Å². The second-order valence-corrected chi connectivity index (χ2v) is 8.49. The van der Waals surface area contributed by atoms with Crippen LogP contribution in [-0.4, -0.2) is 41.3 Å². The summed E-state index contributed by atoms with van der Waals surface area (Å²) >= 11 is 1.79. The number of aromatic nitrogens is 2. The van der Waals surface area contributed by atoms with Crippen LogP contribution in [0.2, 0.25) is 0 Å². The number of benzene rings is 1. The Morgan fingerprint density at radius 3 is 3.04 bits per heavy atom. The van der Waals surface area contributed by atoms with Crippen molar-refractivity contribution in [1.29, 1.82) is 0 Å². The molecular weight excluding hydrogens is 370 g/mol. The van der Waals surface area contributed by atoms with Crippen LogP contribution in [0, 0.1) is 0 Å². The van der Waals surface area contributed by atoms with E-state index >= 15 is 0 Å². The summed E-state index contributed by atoms with van der Waals surface area (Å²) in [7, 11) is 1.69. The molecule has 2 aliphatic rings. The van der Waals surface area contributed by atoms with Crippen molar-refractivity contribution in [1.82, 2.24) is 14.5 Å². The van der Waals surface area contributed by atoms with E-state index in [4.69, 9.17) is 9.47 Å². The third kappa shape index (κ3) is 3.31. The van der Waals surface area contributed by atoms with Gasteiger partial charge in [-0.3, -0.25) is 4.90 Å². The lowest BCUT2D eigenvalue weighted by atomic mass is 10.0. The molecule has 1 unspecified atom stereocenters. The quantitative estimate of drug-likeness (QED) is 0.642. The molecule has 146 valence electrons. The number of ether oxygens (including phenoxy) is 2. The van der Waals surface area contributed by atoms with Gasteiger partial charge in [0, 0.05) is 30.9 Å². The van der Waals surface area contributed by atoms with Gasteiger partial charge in [0.05, 0.1) is 18.0 Å². The van der Waals surface area contributed by atoms with Crippen molar-refractivity contribution in [3.63, 3.8) is 0 Å². The highest BCUT2D eigenvalue weighted by atomic mass is 32.1. The molecule has 1 atom stereocenters. The van der Waals surface area contributed by atoms with Crippen LogP contribution >= 0.6 is 11.3 Å². The highest BCUT2D eigenvalue weighted by molar-refractivity contribution is 7.13. The minimum Gasteiger partial charge on any atom is -0.493 e. The fourth-order valence-electron chi connectivity index (χ4n) is 4.29. The van der Waals surface area contributed by atoms with E-state index in [2.05, 4.69) is 38.2 Å². The Bertz CT molecular complexity index is 958. The van der Waals surface area contributed by atoms with E-state index in [1.807, 2.05) is 18.3 Å². The minimum absolute atomic E-state index is 0.237. The Morgan fingerprint density at radius 1 is 1.29 bits per heavy atom. The van der Waals surface area contributed by atoms with Crippen molar-refractivity contribution in [3.05, 3.63) is 53.2 Å². The summed E-state index contributed by atoms with van der Waals surface area (Å²) in [6.45, 7) is 4.13. The van der Waals surface area contributed by atoms with Crippen LogP contribution in [0.25, 0.3) is 10.7 Å². The first-order valence-corrected chi connectivity index (χ1v) is 10.8. The van der Waals surface area contributed by atoms with Crippen molar-refractivity contribution >= 4 is 11.3 Å². The summed E-state index contributed by atoms with van der Waals surface area (Å²) in [5, 5.41) is 2.28. The number of hydrogen-bond acceptors (Lipinski definition) is 5. The number of likely N-dealkylation sites (tertiary alicyclic amines) is 1. The molecule has 2 aliphatic heterocycles. The van der Waals surface area contributed by atoms with Gasteiger partial charge in [0.25, 0.3) is 0 Å². The molecule has 0 N–H and O–H groups in total. The first-order chi connectivity index (χ1) is 13.8. The Labute approximate surface area is 169 Å². The van der Waals surface area contributed by atoms with Gasteiger partial charge in [-0.25, -0.2) is 4.98 Å². The maximum Gasteiger partial charge on any atom is 0.164 e. The van der Waals surface area contributed by atoms with Gasteiger partial charge < -0.3 is 14.0 Å². The maximum absolute atomic E-state index is 6.09. The number of thiophene rings is 1. The van der Waals surface area contributed by atoms with Crippen molar-refractivity contribution in [2.45, 2.75) is 31.8 Å². The summed E-state index contributed by atoms with van der Waals surface area (Å²) < 4.78 is 13.8. The molecular formula is C22H25N3O2S. The van der Waals surface area contributed by atoms with Crippen molar-refractivity contribution in [2.24, 2.45) is 0 Å². The van der Waals surface area contributed by atoms with Gasteiger partial charge in [0.1, 0.15) is 12.4 Å². The number of methoxy groups -OCH3 is 1. The molecule has 1 aromatic carbocycles. The van der Waals surface area contributed by atoms with Crippen LogP contribution < -0.4 is 9.47 Å². The number of rotatable bonds is 5. The number of fused-ring (bicyclic) bond motifs is 1. The zero-order chi connectivity index (χ0) is 18.9. The molecule has 1 saturated heterocycles. The van der Waals surface area contributed by atoms with Crippen molar-refractivity contribution < 1.29 is 9.47 Å². The van der Waals surface area contributed by atoms with Crippen LogP contribution in [0.1, 0.15) is 30.0 Å². The molecule has 0 bridgehead atoms. The Morgan fingerprint density at radius 2 is 2.18 bits per heavy atom. The Hall–Kier alpha value is -2.31. The van der Waals surface area contributed by atoms with E-state index in [0.717, 1.165) is 30.3 Å². The minimum atomic E-state index is 0.237. The van der Waals surface area contributed by atoms with Crippen LogP contribution in [0.3, 0.4) is 0 Å². The molecule has 3 aromatic rings. The summed E-state index contributed by atoms with van der Waals surface area (Å²) in [5.74, 6) is 2.73. The first-order valence-electron chi connectivity index (χ1n) is 9.93. The molecule has 2 aromatic heterocycles. The highest BCUT2D eigenvalue weighted by Crippen LogP contribution is 2.38. The highest BCUT2D eigenvalue weighted by Gasteiger charge is 2.26. The van der Waals surface area contributed by atoms with E-state index in [-0.39, 0.29) is 6.04 Å². The van der Waals surface area contributed by atoms with Crippen molar-refractivity contribution in [2.75, 3.05) is 26.8 Å². The molecule has 1 fully saturated rings. The molecule has 0 saturated carbocycles. The molecule has 6 heteroatoms. The predicted molar refractivity (Wildman–Crippen MR) is 111 cm³/mol. The lowest BCUT2D eigenvalue weighted by molar-refractivity contribution is 0.215. The SMILES string of the molecule is COc1cccc2c1OCC(n1ccnc1-c1cc(CN3CCCC3)cs1)C2. The largest absolute Gasteiger partial charge is 0.493 e. The summed E-state index contributed by atoms with van der Waals surface area (Å²) in [6, 6.07) is 8.65. The van der Waals surface area contributed by atoms with Gasteiger partial charge in [-0.1, -0.05) is 12.1 Å². The average molecular weight is 396 g/mol. The van der Waals surface area contributed by atoms with E-state index in [9.17, 15) is 0 Å². The zero-order valence-corrected chi connectivity index (χ0v) is 17.0. The fourth-order valence-corrected chi connectivity index (χ4v) is 5.19. The molecule has 28 heavy (non-hydrogen) atoms. The van der Waals surface area contributed by atoms with E-state index < -0.39 is 0 Å². The van der Waals surface area contributed by atoms with Gasteiger partial charge in [0.2, 0.25) is 0 Å². The Balaban J connectivity index is 1.37. The number of hydrogen-bond donors (Lipinski definition) is 0. The topological polar surface area (TPSA) is 39.5 Å². The molecule has 0 amide bonds. The normalized spacial score (nSPS) is 19.4. The van der Waals surface area contributed by atoms with E-state index in [0.29, 0.717) is 6.61 Å². The molecule has 4 heterocycles. The zero-order valence-electron chi connectivity index (χ0n) is 16.1. The maximum atomic E-state index is 6.09. The van der Waals surface area contributed by atoms with Gasteiger partial charge in [-0.2, -0.15) is 0 Å². The predicted octanol–water partition coefficient (Wildman–Crippen LogP) is 4.39. The van der Waals surface area contributed by atoms with Gasteiger partial charge >= 0.3 is 0 Å². The summed E-state index contributed by atoms with van der Waals surface area (Å²) in [4.78, 5) is 8.45. The average Bonchev–Trinajstić information content (AvgIpc) is 3.49. The monoisotopic (exact) mass is 395 g/mol. The number of imidazole rings is 1.